The van der Waals surface area contributed by atoms with Crippen molar-refractivity contribution in [3.8, 4) is 45.3 Å². The number of benzene rings is 4. The molecule has 33 heavy (non-hydrogen) atoms. The molecule has 0 saturated heterocycles. The van der Waals surface area contributed by atoms with Crippen LogP contribution in [0.2, 0.25) is 0 Å². The predicted molar refractivity (Wildman–Crippen MR) is 134 cm³/mol. The van der Waals surface area contributed by atoms with Crippen molar-refractivity contribution < 1.29 is 9.47 Å². The molecule has 0 aliphatic carbocycles. The minimum absolute atomic E-state index is 0.812. The van der Waals surface area contributed by atoms with Gasteiger partial charge in [-0.3, -0.25) is 4.98 Å². The summed E-state index contributed by atoms with van der Waals surface area (Å²) in [6.45, 7) is 2.07. The molecule has 162 valence electrons. The van der Waals surface area contributed by atoms with E-state index in [0.29, 0.717) is 0 Å². The Morgan fingerprint density at radius 2 is 1.39 bits per heavy atom. The number of aryl methyl sites for hydroxylation is 1. The van der Waals surface area contributed by atoms with E-state index < -0.39 is 0 Å². The summed E-state index contributed by atoms with van der Waals surface area (Å²) in [7, 11) is 3.35. The van der Waals surface area contributed by atoms with E-state index in [0.717, 1.165) is 56.2 Å². The van der Waals surface area contributed by atoms with Crippen molar-refractivity contribution in [1.82, 2.24) is 9.97 Å². The number of hydrogen-bond acceptors (Lipinski definition) is 4. The van der Waals surface area contributed by atoms with Crippen molar-refractivity contribution in [3.63, 3.8) is 0 Å². The zero-order valence-corrected chi connectivity index (χ0v) is 18.9. The van der Waals surface area contributed by atoms with Crippen molar-refractivity contribution in [2.24, 2.45) is 0 Å². The summed E-state index contributed by atoms with van der Waals surface area (Å²) in [5.74, 6) is 1.64. The summed E-state index contributed by atoms with van der Waals surface area (Å²) >= 11 is 0. The molecule has 4 heteroatoms. The van der Waals surface area contributed by atoms with Gasteiger partial charge in [0.15, 0.2) is 0 Å². The average Bonchev–Trinajstić information content (AvgIpc) is 2.88. The number of hydrogen-bond donors (Lipinski definition) is 0. The molecule has 0 fully saturated rings. The van der Waals surface area contributed by atoms with E-state index in [1.807, 2.05) is 42.6 Å². The number of methoxy groups -OCH3 is 2. The van der Waals surface area contributed by atoms with Crippen LogP contribution < -0.4 is 9.47 Å². The second kappa shape index (κ2) is 8.75. The minimum atomic E-state index is 0.812. The first kappa shape index (κ1) is 20.7. The van der Waals surface area contributed by atoms with Crippen molar-refractivity contribution in [3.05, 3.63) is 96.7 Å². The molecule has 0 saturated carbocycles. The van der Waals surface area contributed by atoms with E-state index >= 15 is 0 Å². The first-order chi connectivity index (χ1) is 16.2. The lowest BCUT2D eigenvalue weighted by molar-refractivity contribution is 0.414. The van der Waals surface area contributed by atoms with Gasteiger partial charge in [-0.25, -0.2) is 4.98 Å². The molecular formula is C29H24N2O2. The van der Waals surface area contributed by atoms with Crippen LogP contribution in [0.1, 0.15) is 5.56 Å². The Balaban J connectivity index is 1.75. The van der Waals surface area contributed by atoms with E-state index in [2.05, 4.69) is 55.5 Å². The van der Waals surface area contributed by atoms with Crippen LogP contribution in [0.5, 0.6) is 11.5 Å². The maximum absolute atomic E-state index is 5.41. The monoisotopic (exact) mass is 432 g/mol. The Hall–Kier alpha value is -4.18. The predicted octanol–water partition coefficient (Wildman–Crippen LogP) is 6.96. The molecular weight excluding hydrogens is 408 g/mol. The zero-order chi connectivity index (χ0) is 22.8. The Morgan fingerprint density at radius 1 is 0.667 bits per heavy atom. The molecule has 0 atom stereocenters. The standard InChI is InChI=1S/C29H24N2O2/c1-19-17-23(33-3)15-16-24(19)28-29(26-10-6-8-20-7-4-5-9-25(20)26)31-27(18-30-28)21-11-13-22(32-2)14-12-21/h4-18H,1-3H3. The van der Waals surface area contributed by atoms with E-state index in [9.17, 15) is 0 Å². The summed E-state index contributed by atoms with van der Waals surface area (Å²) in [5, 5.41) is 2.32. The van der Waals surface area contributed by atoms with Crippen LogP contribution in [0.15, 0.2) is 91.1 Å². The van der Waals surface area contributed by atoms with Gasteiger partial charge in [-0.1, -0.05) is 42.5 Å². The van der Waals surface area contributed by atoms with E-state index in [1.165, 1.54) is 5.39 Å². The van der Waals surface area contributed by atoms with Gasteiger partial charge in [-0.2, -0.15) is 0 Å². The molecule has 0 radical (unpaired) electrons. The van der Waals surface area contributed by atoms with E-state index in [1.54, 1.807) is 14.2 Å². The topological polar surface area (TPSA) is 44.2 Å². The van der Waals surface area contributed by atoms with Crippen LogP contribution >= 0.6 is 0 Å². The molecule has 5 aromatic rings. The molecule has 0 aliphatic rings. The van der Waals surface area contributed by atoms with Crippen molar-refractivity contribution >= 4 is 10.8 Å². The molecule has 0 bridgehead atoms. The SMILES string of the molecule is COc1ccc(-c2cnc(-c3ccc(OC)cc3C)c(-c3cccc4ccccc34)n2)cc1. The first-order valence-electron chi connectivity index (χ1n) is 10.8. The van der Waals surface area contributed by atoms with Crippen molar-refractivity contribution in [2.75, 3.05) is 14.2 Å². The third kappa shape index (κ3) is 3.92. The van der Waals surface area contributed by atoms with Gasteiger partial charge in [0.25, 0.3) is 0 Å². The summed E-state index contributed by atoms with van der Waals surface area (Å²) in [4.78, 5) is 10.1. The molecule has 4 nitrogen and oxygen atoms in total. The number of fused-ring (bicyclic) bond motifs is 1. The summed E-state index contributed by atoms with van der Waals surface area (Å²) in [6, 6.07) is 28.6. The van der Waals surface area contributed by atoms with Crippen molar-refractivity contribution in [2.45, 2.75) is 6.92 Å². The second-order valence-corrected chi connectivity index (χ2v) is 7.89. The van der Waals surface area contributed by atoms with Crippen molar-refractivity contribution in [1.29, 1.82) is 0 Å². The molecule has 1 aromatic heterocycles. The molecule has 0 amide bonds. The molecule has 5 rings (SSSR count). The summed E-state index contributed by atoms with van der Waals surface area (Å²) < 4.78 is 10.7. The summed E-state index contributed by atoms with van der Waals surface area (Å²) in [6.07, 6.45) is 1.84. The maximum atomic E-state index is 5.41. The van der Waals surface area contributed by atoms with Gasteiger partial charge < -0.3 is 9.47 Å². The lowest BCUT2D eigenvalue weighted by atomic mass is 9.96. The summed E-state index contributed by atoms with van der Waals surface area (Å²) in [5.41, 5.74) is 6.69. The van der Waals surface area contributed by atoms with Crippen LogP contribution in [-0.4, -0.2) is 24.2 Å². The van der Waals surface area contributed by atoms with Crippen LogP contribution in [0.25, 0.3) is 44.5 Å². The highest BCUT2D eigenvalue weighted by Gasteiger charge is 2.17. The highest BCUT2D eigenvalue weighted by molar-refractivity contribution is 5.99. The van der Waals surface area contributed by atoms with Gasteiger partial charge in [0.2, 0.25) is 0 Å². The highest BCUT2D eigenvalue weighted by atomic mass is 16.5. The molecule has 0 aliphatic heterocycles. The maximum Gasteiger partial charge on any atom is 0.119 e. The largest absolute Gasteiger partial charge is 0.497 e. The number of nitrogens with zero attached hydrogens (tertiary/aromatic N) is 2. The van der Waals surface area contributed by atoms with Crippen LogP contribution in [0.3, 0.4) is 0 Å². The lowest BCUT2D eigenvalue weighted by Crippen LogP contribution is -1.98. The Morgan fingerprint density at radius 3 is 2.15 bits per heavy atom. The van der Waals surface area contributed by atoms with Crippen LogP contribution in [0, 0.1) is 6.92 Å². The first-order valence-corrected chi connectivity index (χ1v) is 10.8. The van der Waals surface area contributed by atoms with Gasteiger partial charge >= 0.3 is 0 Å². The smallest absolute Gasteiger partial charge is 0.119 e. The van der Waals surface area contributed by atoms with Gasteiger partial charge in [0.05, 0.1) is 37.5 Å². The molecule has 0 unspecified atom stereocenters. The number of aromatic nitrogens is 2. The normalized spacial score (nSPS) is 10.9. The quantitative estimate of drug-likeness (QED) is 0.301. The van der Waals surface area contributed by atoms with Crippen LogP contribution in [0.4, 0.5) is 0 Å². The van der Waals surface area contributed by atoms with E-state index in [-0.39, 0.29) is 0 Å². The average molecular weight is 433 g/mol. The van der Waals surface area contributed by atoms with Gasteiger partial charge in [-0.15, -0.1) is 0 Å². The molecule has 0 N–H and O–H groups in total. The fraction of sp³-hybridized carbons (Fsp3) is 0.103. The van der Waals surface area contributed by atoms with E-state index in [4.69, 9.17) is 19.4 Å². The third-order valence-electron chi connectivity index (χ3n) is 5.89. The Labute approximate surface area is 193 Å². The molecule has 1 heterocycles. The zero-order valence-electron chi connectivity index (χ0n) is 18.9. The van der Waals surface area contributed by atoms with Crippen LogP contribution in [-0.2, 0) is 0 Å². The fourth-order valence-corrected chi connectivity index (χ4v) is 4.14. The Kier molecular flexibility index (Phi) is 5.49. The minimum Gasteiger partial charge on any atom is -0.497 e. The second-order valence-electron chi connectivity index (χ2n) is 7.89. The number of rotatable bonds is 5. The molecule has 4 aromatic carbocycles. The number of ether oxygens (including phenoxy) is 2. The van der Waals surface area contributed by atoms with Gasteiger partial charge in [0.1, 0.15) is 11.5 Å². The fourth-order valence-electron chi connectivity index (χ4n) is 4.14. The lowest BCUT2D eigenvalue weighted by Gasteiger charge is -2.15. The molecule has 0 spiro atoms. The highest BCUT2D eigenvalue weighted by Crippen LogP contribution is 2.37. The Bertz CT molecular complexity index is 1440. The van der Waals surface area contributed by atoms with Gasteiger partial charge in [-0.05, 0) is 65.7 Å². The third-order valence-corrected chi connectivity index (χ3v) is 5.89. The van der Waals surface area contributed by atoms with Gasteiger partial charge in [0, 0.05) is 16.7 Å².